The molecule has 0 saturated carbocycles. The van der Waals surface area contributed by atoms with Crippen LogP contribution in [0.1, 0.15) is 40.5 Å². The number of rotatable bonds is 7. The molecule has 1 rings (SSSR count). The van der Waals surface area contributed by atoms with Gasteiger partial charge in [0.2, 0.25) is 0 Å². The van der Waals surface area contributed by atoms with E-state index in [9.17, 15) is 0 Å². The second kappa shape index (κ2) is 7.04. The molecule has 0 amide bonds. The van der Waals surface area contributed by atoms with Crippen molar-refractivity contribution in [1.29, 1.82) is 0 Å². The van der Waals surface area contributed by atoms with E-state index in [0.29, 0.717) is 18.4 Å². The lowest BCUT2D eigenvalue weighted by Gasteiger charge is -2.30. The molecule has 0 saturated heterocycles. The van der Waals surface area contributed by atoms with Crippen LogP contribution in [-0.4, -0.2) is 11.5 Å². The molecule has 0 aliphatic carbocycles. The third-order valence-electron chi connectivity index (χ3n) is 2.79. The Bertz CT molecular complexity index is 322. The molecule has 1 nitrogen and oxygen atoms in total. The number of hydrogen-bond acceptors (Lipinski definition) is 1. The minimum Gasteiger partial charge on any atom is -0.492 e. The molecule has 102 valence electrons. The average Bonchev–Trinajstić information content (AvgIpc) is 2.26. The van der Waals surface area contributed by atoms with Gasteiger partial charge in [0.25, 0.3) is 0 Å². The maximum atomic E-state index is 6.75. The standard InChI is InChI=1S/C16H25ClO/c1-13(2)10-16(17,11-14(3)4)12-18-15-8-6-5-7-9-15/h5-9,13-14H,10-12H2,1-4H3. The van der Waals surface area contributed by atoms with E-state index in [4.69, 9.17) is 16.3 Å². The summed E-state index contributed by atoms with van der Waals surface area (Å²) in [6, 6.07) is 9.90. The first-order valence-corrected chi connectivity index (χ1v) is 7.16. The third-order valence-corrected chi connectivity index (χ3v) is 3.21. The van der Waals surface area contributed by atoms with Crippen LogP contribution in [0.5, 0.6) is 5.75 Å². The summed E-state index contributed by atoms with van der Waals surface area (Å²) in [6.45, 7) is 9.41. The van der Waals surface area contributed by atoms with E-state index in [1.54, 1.807) is 0 Å². The van der Waals surface area contributed by atoms with Crippen molar-refractivity contribution in [3.8, 4) is 5.75 Å². The summed E-state index contributed by atoms with van der Waals surface area (Å²) in [5.74, 6) is 2.07. The average molecular weight is 269 g/mol. The van der Waals surface area contributed by atoms with E-state index in [0.717, 1.165) is 18.6 Å². The highest BCUT2D eigenvalue weighted by Gasteiger charge is 2.30. The SMILES string of the molecule is CC(C)CC(Cl)(COc1ccccc1)CC(C)C. The van der Waals surface area contributed by atoms with Gasteiger partial charge in [-0.1, -0.05) is 45.9 Å². The van der Waals surface area contributed by atoms with Crippen molar-refractivity contribution in [3.63, 3.8) is 0 Å². The second-order valence-electron chi connectivity index (χ2n) is 5.95. The molecule has 0 N–H and O–H groups in total. The fraction of sp³-hybridized carbons (Fsp3) is 0.625. The summed E-state index contributed by atoms with van der Waals surface area (Å²) in [7, 11) is 0. The van der Waals surface area contributed by atoms with E-state index in [-0.39, 0.29) is 4.87 Å². The molecule has 18 heavy (non-hydrogen) atoms. The molecule has 0 aromatic heterocycles. The lowest BCUT2D eigenvalue weighted by Crippen LogP contribution is -2.33. The third kappa shape index (κ3) is 5.77. The molecule has 0 fully saturated rings. The van der Waals surface area contributed by atoms with Crippen molar-refractivity contribution >= 4 is 11.6 Å². The van der Waals surface area contributed by atoms with Crippen molar-refractivity contribution in [2.45, 2.75) is 45.4 Å². The Labute approximate surface area is 116 Å². The first-order chi connectivity index (χ1) is 8.41. The maximum Gasteiger partial charge on any atom is 0.119 e. The highest BCUT2D eigenvalue weighted by atomic mass is 35.5. The smallest absolute Gasteiger partial charge is 0.119 e. The molecule has 0 aliphatic heterocycles. The summed E-state index contributed by atoms with van der Waals surface area (Å²) >= 11 is 6.75. The van der Waals surface area contributed by atoms with Crippen molar-refractivity contribution in [2.24, 2.45) is 11.8 Å². The summed E-state index contributed by atoms with van der Waals surface area (Å²) in [5, 5.41) is 0. The van der Waals surface area contributed by atoms with Crippen molar-refractivity contribution in [2.75, 3.05) is 6.61 Å². The van der Waals surface area contributed by atoms with Gasteiger partial charge in [-0.25, -0.2) is 0 Å². The van der Waals surface area contributed by atoms with Crippen LogP contribution in [0.3, 0.4) is 0 Å². The number of ether oxygens (including phenoxy) is 1. The van der Waals surface area contributed by atoms with Gasteiger partial charge in [0.15, 0.2) is 0 Å². The van der Waals surface area contributed by atoms with E-state index < -0.39 is 0 Å². The van der Waals surface area contributed by atoms with Crippen LogP contribution in [0.15, 0.2) is 30.3 Å². The van der Waals surface area contributed by atoms with Crippen LogP contribution < -0.4 is 4.74 Å². The van der Waals surface area contributed by atoms with Crippen molar-refractivity contribution in [1.82, 2.24) is 0 Å². The first-order valence-electron chi connectivity index (χ1n) is 6.78. The highest BCUT2D eigenvalue weighted by molar-refractivity contribution is 6.24. The zero-order valence-electron chi connectivity index (χ0n) is 11.9. The zero-order valence-corrected chi connectivity index (χ0v) is 12.7. The predicted molar refractivity (Wildman–Crippen MR) is 79.4 cm³/mol. The minimum absolute atomic E-state index is 0.252. The summed E-state index contributed by atoms with van der Waals surface area (Å²) < 4.78 is 5.84. The highest BCUT2D eigenvalue weighted by Crippen LogP contribution is 2.32. The molecule has 2 heteroatoms. The van der Waals surface area contributed by atoms with Crippen molar-refractivity contribution in [3.05, 3.63) is 30.3 Å². The lowest BCUT2D eigenvalue weighted by molar-refractivity contribution is 0.224. The normalized spacial score (nSPS) is 12.2. The second-order valence-corrected chi connectivity index (χ2v) is 6.75. The molecular formula is C16H25ClO. The van der Waals surface area contributed by atoms with Crippen LogP contribution >= 0.6 is 11.6 Å². The van der Waals surface area contributed by atoms with Gasteiger partial charge >= 0.3 is 0 Å². The molecule has 0 radical (unpaired) electrons. The monoisotopic (exact) mass is 268 g/mol. The molecule has 1 aromatic rings. The topological polar surface area (TPSA) is 9.23 Å². The quantitative estimate of drug-likeness (QED) is 0.623. The Morgan fingerprint density at radius 1 is 1.00 bits per heavy atom. The van der Waals surface area contributed by atoms with Gasteiger partial charge in [-0.2, -0.15) is 0 Å². The minimum atomic E-state index is -0.252. The number of benzene rings is 1. The summed E-state index contributed by atoms with van der Waals surface area (Å²) in [6.07, 6.45) is 1.97. The Morgan fingerprint density at radius 2 is 1.50 bits per heavy atom. The Morgan fingerprint density at radius 3 is 1.94 bits per heavy atom. The molecule has 0 unspecified atom stereocenters. The molecular weight excluding hydrogens is 244 g/mol. The van der Waals surface area contributed by atoms with Crippen LogP contribution in [-0.2, 0) is 0 Å². The molecule has 1 aromatic carbocycles. The number of para-hydroxylation sites is 1. The fourth-order valence-electron chi connectivity index (χ4n) is 2.39. The lowest BCUT2D eigenvalue weighted by atomic mass is 9.89. The van der Waals surface area contributed by atoms with Gasteiger partial charge in [0, 0.05) is 0 Å². The number of hydrogen-bond donors (Lipinski definition) is 0. The fourth-order valence-corrected chi connectivity index (χ4v) is 3.07. The van der Waals surface area contributed by atoms with E-state index >= 15 is 0 Å². The van der Waals surface area contributed by atoms with E-state index in [2.05, 4.69) is 27.7 Å². The Balaban J connectivity index is 2.61. The Hall–Kier alpha value is -0.690. The molecule has 0 aliphatic rings. The van der Waals surface area contributed by atoms with Gasteiger partial charge < -0.3 is 4.74 Å². The summed E-state index contributed by atoms with van der Waals surface area (Å²) in [5.41, 5.74) is 0. The molecule has 0 atom stereocenters. The Kier molecular flexibility index (Phi) is 6.01. The molecule has 0 heterocycles. The van der Waals surface area contributed by atoms with E-state index in [1.165, 1.54) is 0 Å². The van der Waals surface area contributed by atoms with Gasteiger partial charge in [0.1, 0.15) is 12.4 Å². The van der Waals surface area contributed by atoms with Crippen LogP contribution in [0, 0.1) is 11.8 Å². The number of halogens is 1. The van der Waals surface area contributed by atoms with Gasteiger partial charge in [-0.3, -0.25) is 0 Å². The first kappa shape index (κ1) is 15.4. The predicted octanol–water partition coefficient (Wildman–Crippen LogP) is 5.14. The van der Waals surface area contributed by atoms with Crippen LogP contribution in [0.4, 0.5) is 0 Å². The summed E-state index contributed by atoms with van der Waals surface area (Å²) in [4.78, 5) is -0.252. The van der Waals surface area contributed by atoms with E-state index in [1.807, 2.05) is 30.3 Å². The molecule has 0 bridgehead atoms. The van der Waals surface area contributed by atoms with Gasteiger partial charge in [-0.15, -0.1) is 11.6 Å². The number of alkyl halides is 1. The maximum absolute atomic E-state index is 6.75. The van der Waals surface area contributed by atoms with Crippen LogP contribution in [0.2, 0.25) is 0 Å². The largest absolute Gasteiger partial charge is 0.492 e. The zero-order chi connectivity index (χ0) is 13.6. The van der Waals surface area contributed by atoms with Crippen LogP contribution in [0.25, 0.3) is 0 Å². The van der Waals surface area contributed by atoms with Gasteiger partial charge in [0.05, 0.1) is 4.87 Å². The molecule has 0 spiro atoms. The van der Waals surface area contributed by atoms with Crippen molar-refractivity contribution < 1.29 is 4.74 Å². The van der Waals surface area contributed by atoms with Gasteiger partial charge in [-0.05, 0) is 36.8 Å².